The molecule has 10 nitrogen and oxygen atoms in total. The van der Waals surface area contributed by atoms with Gasteiger partial charge in [0.1, 0.15) is 23.8 Å². The molecule has 0 saturated carbocycles. The third-order valence-electron chi connectivity index (χ3n) is 4.12. The van der Waals surface area contributed by atoms with Crippen LogP contribution >= 0.6 is 0 Å². The SMILES string of the molecule is NC(=O)c1cc2ccc(OCC(=O)O)cc2n1CCOc1ccc([N+](=O)[O-])cc1. The lowest BCUT2D eigenvalue weighted by molar-refractivity contribution is -0.384. The number of aliphatic carboxylic acids is 1. The van der Waals surface area contributed by atoms with Gasteiger partial charge in [0, 0.05) is 23.6 Å². The zero-order chi connectivity index (χ0) is 21.0. The molecule has 10 heteroatoms. The van der Waals surface area contributed by atoms with Gasteiger partial charge in [-0.2, -0.15) is 0 Å². The fraction of sp³-hybridized carbons (Fsp3) is 0.158. The van der Waals surface area contributed by atoms with Crippen LogP contribution < -0.4 is 15.2 Å². The van der Waals surface area contributed by atoms with Gasteiger partial charge in [-0.1, -0.05) is 0 Å². The summed E-state index contributed by atoms with van der Waals surface area (Å²) in [7, 11) is 0. The van der Waals surface area contributed by atoms with Gasteiger partial charge in [0.15, 0.2) is 6.61 Å². The van der Waals surface area contributed by atoms with Crippen LogP contribution in [0.15, 0.2) is 48.5 Å². The van der Waals surface area contributed by atoms with E-state index < -0.39 is 23.4 Å². The molecule has 150 valence electrons. The molecule has 0 fully saturated rings. The van der Waals surface area contributed by atoms with Crippen molar-refractivity contribution in [2.75, 3.05) is 13.2 Å². The minimum atomic E-state index is -1.10. The molecular weight excluding hydrogens is 382 g/mol. The average Bonchev–Trinajstić information content (AvgIpc) is 3.05. The molecule has 2 aromatic carbocycles. The monoisotopic (exact) mass is 399 g/mol. The summed E-state index contributed by atoms with van der Waals surface area (Å²) in [5.41, 5.74) is 6.33. The van der Waals surface area contributed by atoms with Crippen molar-refractivity contribution in [3.63, 3.8) is 0 Å². The van der Waals surface area contributed by atoms with E-state index in [0.717, 1.165) is 5.39 Å². The van der Waals surface area contributed by atoms with E-state index in [2.05, 4.69) is 0 Å². The Morgan fingerprint density at radius 2 is 1.76 bits per heavy atom. The minimum Gasteiger partial charge on any atom is -0.492 e. The van der Waals surface area contributed by atoms with E-state index in [4.69, 9.17) is 20.3 Å². The molecule has 3 rings (SSSR count). The maximum atomic E-state index is 11.8. The molecule has 1 amide bonds. The number of carbonyl (C=O) groups is 2. The van der Waals surface area contributed by atoms with Crippen LogP contribution in [0.25, 0.3) is 10.9 Å². The molecular formula is C19H17N3O7. The number of hydrogen-bond donors (Lipinski definition) is 2. The average molecular weight is 399 g/mol. The smallest absolute Gasteiger partial charge is 0.341 e. The Bertz CT molecular complexity index is 1070. The van der Waals surface area contributed by atoms with E-state index in [-0.39, 0.29) is 24.5 Å². The van der Waals surface area contributed by atoms with Crippen LogP contribution in [0.4, 0.5) is 5.69 Å². The number of amides is 1. The third-order valence-corrected chi connectivity index (χ3v) is 4.12. The van der Waals surface area contributed by atoms with Crippen molar-refractivity contribution >= 4 is 28.5 Å². The summed E-state index contributed by atoms with van der Waals surface area (Å²) in [5.74, 6) is -0.941. The number of hydrogen-bond acceptors (Lipinski definition) is 6. The van der Waals surface area contributed by atoms with Crippen LogP contribution in [0.2, 0.25) is 0 Å². The fourth-order valence-electron chi connectivity index (χ4n) is 2.83. The predicted octanol–water partition coefficient (Wildman–Crippen LogP) is 2.19. The maximum Gasteiger partial charge on any atom is 0.341 e. The normalized spacial score (nSPS) is 10.6. The first-order valence-electron chi connectivity index (χ1n) is 8.50. The number of carboxylic acid groups (broad SMARTS) is 1. The van der Waals surface area contributed by atoms with E-state index in [9.17, 15) is 19.7 Å². The number of rotatable bonds is 9. The summed E-state index contributed by atoms with van der Waals surface area (Å²) < 4.78 is 12.4. The van der Waals surface area contributed by atoms with E-state index in [0.29, 0.717) is 17.0 Å². The first-order valence-corrected chi connectivity index (χ1v) is 8.50. The molecule has 0 atom stereocenters. The first kappa shape index (κ1) is 19.7. The lowest BCUT2D eigenvalue weighted by atomic mass is 10.2. The number of primary amides is 1. The topological polar surface area (TPSA) is 147 Å². The van der Waals surface area contributed by atoms with Gasteiger partial charge >= 0.3 is 5.97 Å². The highest BCUT2D eigenvalue weighted by atomic mass is 16.6. The van der Waals surface area contributed by atoms with Gasteiger partial charge in [-0.3, -0.25) is 14.9 Å². The van der Waals surface area contributed by atoms with Gasteiger partial charge in [-0.05, 0) is 30.3 Å². The zero-order valence-corrected chi connectivity index (χ0v) is 15.1. The Hall–Kier alpha value is -4.08. The molecule has 1 aromatic heterocycles. The number of nitrogens with zero attached hydrogens (tertiary/aromatic N) is 2. The van der Waals surface area contributed by atoms with Crippen molar-refractivity contribution in [1.82, 2.24) is 4.57 Å². The number of fused-ring (bicyclic) bond motifs is 1. The largest absolute Gasteiger partial charge is 0.492 e. The highest BCUT2D eigenvalue weighted by Gasteiger charge is 2.14. The Morgan fingerprint density at radius 1 is 1.07 bits per heavy atom. The number of aromatic nitrogens is 1. The van der Waals surface area contributed by atoms with Crippen molar-refractivity contribution in [2.45, 2.75) is 6.54 Å². The van der Waals surface area contributed by atoms with Gasteiger partial charge < -0.3 is 24.9 Å². The fourth-order valence-corrected chi connectivity index (χ4v) is 2.83. The van der Waals surface area contributed by atoms with Crippen molar-refractivity contribution in [2.24, 2.45) is 5.73 Å². The Kier molecular flexibility index (Phi) is 5.63. The van der Waals surface area contributed by atoms with Gasteiger partial charge in [0.2, 0.25) is 0 Å². The minimum absolute atomic E-state index is 0.0429. The zero-order valence-electron chi connectivity index (χ0n) is 15.1. The highest BCUT2D eigenvalue weighted by Crippen LogP contribution is 2.25. The number of nitrogens with two attached hydrogens (primary N) is 1. The van der Waals surface area contributed by atoms with Crippen molar-refractivity contribution in [3.8, 4) is 11.5 Å². The van der Waals surface area contributed by atoms with Crippen LogP contribution in [0.1, 0.15) is 10.5 Å². The van der Waals surface area contributed by atoms with Crippen LogP contribution in [0.3, 0.4) is 0 Å². The molecule has 0 aliphatic rings. The molecule has 0 saturated heterocycles. The predicted molar refractivity (Wildman–Crippen MR) is 102 cm³/mol. The molecule has 3 aromatic rings. The summed E-state index contributed by atoms with van der Waals surface area (Å²) in [6, 6.07) is 12.2. The van der Waals surface area contributed by atoms with E-state index in [1.54, 1.807) is 28.8 Å². The summed E-state index contributed by atoms with van der Waals surface area (Å²) in [5, 5.41) is 20.2. The molecule has 1 heterocycles. The van der Waals surface area contributed by atoms with Gasteiger partial charge in [0.05, 0.1) is 17.0 Å². The second-order valence-electron chi connectivity index (χ2n) is 6.05. The van der Waals surface area contributed by atoms with E-state index in [1.165, 1.54) is 24.3 Å². The Balaban J connectivity index is 1.79. The number of carboxylic acids is 1. The second kappa shape index (κ2) is 8.30. The molecule has 0 unspecified atom stereocenters. The number of benzene rings is 2. The number of non-ortho nitro benzene ring substituents is 1. The summed E-state index contributed by atoms with van der Waals surface area (Å²) >= 11 is 0. The van der Waals surface area contributed by atoms with E-state index >= 15 is 0 Å². The molecule has 0 aliphatic heterocycles. The van der Waals surface area contributed by atoms with Crippen LogP contribution in [0, 0.1) is 10.1 Å². The van der Waals surface area contributed by atoms with Crippen molar-refractivity contribution in [1.29, 1.82) is 0 Å². The molecule has 29 heavy (non-hydrogen) atoms. The van der Waals surface area contributed by atoms with Crippen molar-refractivity contribution in [3.05, 3.63) is 64.3 Å². The number of nitro groups is 1. The maximum absolute atomic E-state index is 11.8. The standard InChI is InChI=1S/C19H17N3O7/c20-19(25)17-9-12-1-4-15(29-11-18(23)24)10-16(12)21(17)7-8-28-14-5-2-13(3-6-14)22(26)27/h1-6,9-10H,7-8,11H2,(H2,20,25)(H,23,24). The summed E-state index contributed by atoms with van der Waals surface area (Å²) in [6.45, 7) is -0.0542. The first-order chi connectivity index (χ1) is 13.8. The molecule has 0 bridgehead atoms. The molecule has 3 N–H and O–H groups in total. The highest BCUT2D eigenvalue weighted by molar-refractivity contribution is 5.98. The number of carbonyl (C=O) groups excluding carboxylic acids is 1. The Morgan fingerprint density at radius 3 is 2.38 bits per heavy atom. The molecule has 0 radical (unpaired) electrons. The van der Waals surface area contributed by atoms with E-state index in [1.807, 2.05) is 0 Å². The lowest BCUT2D eigenvalue weighted by Crippen LogP contribution is -2.19. The number of nitro benzene ring substituents is 1. The number of ether oxygens (including phenoxy) is 2. The van der Waals surface area contributed by atoms with Gasteiger partial charge in [0.25, 0.3) is 11.6 Å². The van der Waals surface area contributed by atoms with Crippen LogP contribution in [-0.4, -0.2) is 39.7 Å². The lowest BCUT2D eigenvalue weighted by Gasteiger charge is -2.11. The third kappa shape index (κ3) is 4.61. The summed E-state index contributed by atoms with van der Waals surface area (Å²) in [6.07, 6.45) is 0. The van der Waals surface area contributed by atoms with Crippen molar-refractivity contribution < 1.29 is 29.1 Å². The molecule has 0 aliphatic carbocycles. The van der Waals surface area contributed by atoms with Crippen LogP contribution in [-0.2, 0) is 11.3 Å². The van der Waals surface area contributed by atoms with Gasteiger partial charge in [-0.25, -0.2) is 4.79 Å². The second-order valence-corrected chi connectivity index (χ2v) is 6.05. The Labute approximate surface area is 164 Å². The summed E-state index contributed by atoms with van der Waals surface area (Å²) in [4.78, 5) is 32.7. The quantitative estimate of drug-likeness (QED) is 0.414. The van der Waals surface area contributed by atoms with Gasteiger partial charge in [-0.15, -0.1) is 0 Å². The molecule has 0 spiro atoms. The van der Waals surface area contributed by atoms with Crippen LogP contribution in [0.5, 0.6) is 11.5 Å².